The van der Waals surface area contributed by atoms with Crippen molar-refractivity contribution in [3.63, 3.8) is 0 Å². The molecule has 0 amide bonds. The maximum absolute atomic E-state index is 5.85. The van der Waals surface area contributed by atoms with E-state index in [1.54, 1.807) is 6.20 Å². The smallest absolute Gasteiger partial charge is 0.213 e. The number of hydrogen-bond acceptors (Lipinski definition) is 4. The topological polar surface area (TPSA) is 40.6 Å². The molecule has 0 N–H and O–H groups in total. The molecule has 0 fully saturated rings. The van der Waals surface area contributed by atoms with Gasteiger partial charge in [-0.15, -0.1) is 0 Å². The summed E-state index contributed by atoms with van der Waals surface area (Å²) in [5.41, 5.74) is 0. The number of aromatic nitrogens is 1. The Labute approximate surface area is 161 Å². The number of para-hydroxylation sites is 1. The van der Waals surface area contributed by atoms with Crippen LogP contribution in [0.15, 0.2) is 90.6 Å². The van der Waals surface area contributed by atoms with Gasteiger partial charge in [-0.1, -0.05) is 44.2 Å². The predicted molar refractivity (Wildman–Crippen MR) is 109 cm³/mol. The van der Waals surface area contributed by atoms with Crippen molar-refractivity contribution in [1.29, 1.82) is 0 Å². The molecular weight excluding hydrogens is 338 g/mol. The molecule has 1 aromatic heterocycles. The lowest BCUT2D eigenvalue weighted by atomic mass is 10.3. The lowest BCUT2D eigenvalue weighted by Gasteiger charge is -2.15. The molecule has 1 aromatic carbocycles. The highest BCUT2D eigenvalue weighted by molar-refractivity contribution is 5.31. The first-order valence-corrected chi connectivity index (χ1v) is 9.30. The third-order valence-electron chi connectivity index (χ3n) is 3.48. The summed E-state index contributed by atoms with van der Waals surface area (Å²) in [6, 6.07) is 15.3. The first kappa shape index (κ1) is 20.3. The molecule has 0 saturated carbocycles. The third kappa shape index (κ3) is 7.40. The van der Waals surface area contributed by atoms with Gasteiger partial charge < -0.3 is 14.2 Å². The van der Waals surface area contributed by atoms with Gasteiger partial charge in [-0.2, -0.15) is 0 Å². The van der Waals surface area contributed by atoms with Gasteiger partial charge in [0.05, 0.1) is 0 Å². The Morgan fingerprint density at radius 1 is 1.00 bits per heavy atom. The number of allylic oxidation sites excluding steroid dienone is 4. The average Bonchev–Trinajstić information content (AvgIpc) is 2.95. The second-order valence-electron chi connectivity index (χ2n) is 5.63. The highest BCUT2D eigenvalue weighted by Gasteiger charge is 2.08. The Balaban J connectivity index is 0.00000126. The summed E-state index contributed by atoms with van der Waals surface area (Å²) in [6.07, 6.45) is 10.2. The summed E-state index contributed by atoms with van der Waals surface area (Å²) in [7, 11) is 0. The largest absolute Gasteiger partial charge is 0.494 e. The Morgan fingerprint density at radius 3 is 2.52 bits per heavy atom. The van der Waals surface area contributed by atoms with Crippen molar-refractivity contribution < 1.29 is 14.2 Å². The van der Waals surface area contributed by atoms with Crippen molar-refractivity contribution in [2.75, 3.05) is 6.61 Å². The number of pyridine rings is 1. The van der Waals surface area contributed by atoms with Crippen LogP contribution >= 0.6 is 0 Å². The van der Waals surface area contributed by atoms with Crippen LogP contribution in [0.25, 0.3) is 0 Å². The van der Waals surface area contributed by atoms with E-state index in [1.165, 1.54) is 0 Å². The van der Waals surface area contributed by atoms with E-state index in [9.17, 15) is 0 Å². The lowest BCUT2D eigenvalue weighted by Crippen LogP contribution is -2.19. The number of ether oxygens (including phenoxy) is 3. The summed E-state index contributed by atoms with van der Waals surface area (Å²) >= 11 is 0. The van der Waals surface area contributed by atoms with Crippen LogP contribution in [0, 0.1) is 0 Å². The van der Waals surface area contributed by atoms with Gasteiger partial charge in [0.15, 0.2) is 0 Å². The van der Waals surface area contributed by atoms with Crippen LogP contribution in [0.1, 0.15) is 27.2 Å². The molecular formula is C23H27NO3. The lowest BCUT2D eigenvalue weighted by molar-refractivity contribution is 0.0948. The van der Waals surface area contributed by atoms with Crippen LogP contribution in [0.5, 0.6) is 11.6 Å². The van der Waals surface area contributed by atoms with E-state index in [4.69, 9.17) is 14.2 Å². The molecule has 142 valence electrons. The zero-order valence-electron chi connectivity index (χ0n) is 16.2. The zero-order chi connectivity index (χ0) is 19.3. The fourth-order valence-electron chi connectivity index (χ4n) is 2.27. The van der Waals surface area contributed by atoms with Gasteiger partial charge in [-0.25, -0.2) is 4.98 Å². The molecule has 1 aliphatic rings. The Morgan fingerprint density at radius 2 is 1.78 bits per heavy atom. The normalized spacial score (nSPS) is 13.9. The standard InChI is InChI=1S/C21H21NO3.C2H6/c1-17(24-21-12-5-6-15-22-21)16-23-18-10-7-11-20(14-13-18)25-19-8-3-2-4-9-19;1-2/h2-9,11-15,17H,10,16H2,1H3;1-2H3. The highest BCUT2D eigenvalue weighted by Crippen LogP contribution is 2.18. The van der Waals surface area contributed by atoms with E-state index in [2.05, 4.69) is 4.98 Å². The Hall–Kier alpha value is -3.01. The van der Waals surface area contributed by atoms with Crippen molar-refractivity contribution in [3.05, 3.63) is 90.6 Å². The number of benzene rings is 1. The van der Waals surface area contributed by atoms with Gasteiger partial charge in [-0.3, -0.25) is 0 Å². The second-order valence-corrected chi connectivity index (χ2v) is 5.63. The fourth-order valence-corrected chi connectivity index (χ4v) is 2.27. The monoisotopic (exact) mass is 365 g/mol. The van der Waals surface area contributed by atoms with E-state index in [-0.39, 0.29) is 6.10 Å². The van der Waals surface area contributed by atoms with E-state index >= 15 is 0 Å². The molecule has 1 aliphatic carbocycles. The third-order valence-corrected chi connectivity index (χ3v) is 3.48. The van der Waals surface area contributed by atoms with Crippen LogP contribution in [0.2, 0.25) is 0 Å². The van der Waals surface area contributed by atoms with Crippen molar-refractivity contribution in [1.82, 2.24) is 4.98 Å². The van der Waals surface area contributed by atoms with Gasteiger partial charge in [0, 0.05) is 18.7 Å². The minimum atomic E-state index is -0.0907. The molecule has 0 radical (unpaired) electrons. The quantitative estimate of drug-likeness (QED) is 0.631. The Bertz CT molecular complexity index is 752. The van der Waals surface area contributed by atoms with Gasteiger partial charge in [0.25, 0.3) is 0 Å². The highest BCUT2D eigenvalue weighted by atomic mass is 16.5. The zero-order valence-corrected chi connectivity index (χ0v) is 16.2. The summed E-state index contributed by atoms with van der Waals surface area (Å²) < 4.78 is 17.4. The first-order chi connectivity index (χ1) is 13.3. The predicted octanol–water partition coefficient (Wildman–Crippen LogP) is 5.70. The van der Waals surface area contributed by atoms with Crippen LogP contribution in [-0.2, 0) is 4.74 Å². The molecule has 3 rings (SSSR count). The molecule has 0 bridgehead atoms. The number of hydrogen-bond donors (Lipinski definition) is 0. The van der Waals surface area contributed by atoms with E-state index in [1.807, 2.05) is 93.6 Å². The molecule has 4 nitrogen and oxygen atoms in total. The molecule has 1 unspecified atom stereocenters. The molecule has 2 aromatic rings. The molecule has 0 spiro atoms. The Kier molecular flexibility index (Phi) is 8.70. The van der Waals surface area contributed by atoms with Crippen molar-refractivity contribution in [2.24, 2.45) is 0 Å². The maximum Gasteiger partial charge on any atom is 0.213 e. The summed E-state index contributed by atoms with van der Waals surface area (Å²) in [5, 5.41) is 0. The molecule has 0 saturated heterocycles. The molecule has 4 heteroatoms. The molecule has 1 heterocycles. The minimum absolute atomic E-state index is 0.0907. The van der Waals surface area contributed by atoms with Crippen molar-refractivity contribution in [3.8, 4) is 11.6 Å². The van der Waals surface area contributed by atoms with Crippen molar-refractivity contribution in [2.45, 2.75) is 33.3 Å². The van der Waals surface area contributed by atoms with Gasteiger partial charge in [0.1, 0.15) is 30.0 Å². The first-order valence-electron chi connectivity index (χ1n) is 9.30. The molecule has 27 heavy (non-hydrogen) atoms. The number of rotatable bonds is 7. The molecule has 1 atom stereocenters. The van der Waals surface area contributed by atoms with E-state index in [0.29, 0.717) is 18.9 Å². The SMILES string of the molecule is CC.CC(COC1=CC=C(Oc2ccccc2)C=CC1)Oc1ccccn1. The van der Waals surface area contributed by atoms with Gasteiger partial charge in [-0.05, 0) is 43.4 Å². The average molecular weight is 365 g/mol. The second kappa shape index (κ2) is 11.6. The van der Waals surface area contributed by atoms with Gasteiger partial charge >= 0.3 is 0 Å². The summed E-state index contributed by atoms with van der Waals surface area (Å²) in [6.45, 7) is 6.42. The van der Waals surface area contributed by atoms with Crippen LogP contribution in [0.3, 0.4) is 0 Å². The van der Waals surface area contributed by atoms with Crippen LogP contribution in [-0.4, -0.2) is 17.7 Å². The van der Waals surface area contributed by atoms with Gasteiger partial charge in [0.2, 0.25) is 5.88 Å². The minimum Gasteiger partial charge on any atom is -0.494 e. The van der Waals surface area contributed by atoms with Crippen molar-refractivity contribution >= 4 is 0 Å². The summed E-state index contributed by atoms with van der Waals surface area (Å²) in [5.74, 6) is 3.07. The van der Waals surface area contributed by atoms with Crippen LogP contribution < -0.4 is 9.47 Å². The van der Waals surface area contributed by atoms with E-state index in [0.717, 1.165) is 17.3 Å². The number of nitrogens with zero attached hydrogens (tertiary/aromatic N) is 1. The fraction of sp³-hybridized carbons (Fsp3) is 0.261. The summed E-state index contributed by atoms with van der Waals surface area (Å²) in [4.78, 5) is 4.15. The van der Waals surface area contributed by atoms with E-state index < -0.39 is 0 Å². The van der Waals surface area contributed by atoms with Crippen LogP contribution in [0.4, 0.5) is 0 Å². The maximum atomic E-state index is 5.85. The molecule has 0 aliphatic heterocycles.